The van der Waals surface area contributed by atoms with Gasteiger partial charge in [0.2, 0.25) is 5.91 Å². The van der Waals surface area contributed by atoms with Crippen LogP contribution in [0.25, 0.3) is 0 Å². The Labute approximate surface area is 90.2 Å². The predicted octanol–water partition coefficient (Wildman–Crippen LogP) is 0.596. The van der Waals surface area contributed by atoms with Crippen molar-refractivity contribution in [2.45, 2.75) is 26.2 Å². The molecule has 82 valence electrons. The molecule has 0 aliphatic carbocycles. The molecule has 4 nitrogen and oxygen atoms in total. The number of rotatable bonds is 8. The van der Waals surface area contributed by atoms with Gasteiger partial charge in [-0.2, -0.15) is 0 Å². The van der Waals surface area contributed by atoms with Crippen LogP contribution in [-0.4, -0.2) is 30.7 Å². The van der Waals surface area contributed by atoms with Crippen molar-refractivity contribution in [2.24, 2.45) is 5.73 Å². The first-order valence-corrected chi connectivity index (χ1v) is 5.20. The first-order valence-electron chi connectivity index (χ1n) is 4.79. The fraction of sp³-hybridized carbons (Fsp3) is 0.778. The molecule has 3 N–H and O–H groups in total. The fourth-order valence-electron chi connectivity index (χ4n) is 0.869. The number of carbonyl (C=O) groups excluding carboxylic acids is 1. The molecule has 0 fully saturated rings. The summed E-state index contributed by atoms with van der Waals surface area (Å²) in [5.74, 6) is -0.118. The Bertz CT molecular complexity index is 186. The maximum Gasteiger partial charge on any atom is 0.226 e. The van der Waals surface area contributed by atoms with Crippen LogP contribution in [0.2, 0.25) is 0 Å². The number of thiocarbonyl (C=S) groups is 1. The first kappa shape index (κ1) is 13.3. The minimum atomic E-state index is -0.118. The van der Waals surface area contributed by atoms with E-state index in [1.165, 1.54) is 0 Å². The van der Waals surface area contributed by atoms with Crippen LogP contribution in [-0.2, 0) is 9.53 Å². The van der Waals surface area contributed by atoms with Gasteiger partial charge in [-0.05, 0) is 12.8 Å². The van der Waals surface area contributed by atoms with Gasteiger partial charge < -0.3 is 15.8 Å². The zero-order chi connectivity index (χ0) is 10.8. The molecule has 5 heteroatoms. The average Bonchev–Trinajstić information content (AvgIpc) is 2.10. The fourth-order valence-corrected chi connectivity index (χ4v) is 1.00. The summed E-state index contributed by atoms with van der Waals surface area (Å²) in [6.07, 6.45) is 1.97. The number of hydrogen-bond donors (Lipinski definition) is 2. The minimum Gasteiger partial charge on any atom is -0.393 e. The largest absolute Gasteiger partial charge is 0.393 e. The monoisotopic (exact) mass is 218 g/mol. The van der Waals surface area contributed by atoms with E-state index in [1.807, 2.05) is 0 Å². The SMILES string of the molecule is CCCOCCCNC(=O)CC(N)=S. The molecule has 0 saturated carbocycles. The molecule has 0 aromatic carbocycles. The highest BCUT2D eigenvalue weighted by atomic mass is 32.1. The molecule has 0 spiro atoms. The molecule has 0 aliphatic rings. The van der Waals surface area contributed by atoms with Gasteiger partial charge in [0.25, 0.3) is 0 Å². The van der Waals surface area contributed by atoms with Crippen molar-refractivity contribution in [2.75, 3.05) is 19.8 Å². The Balaban J connectivity index is 3.19. The quantitative estimate of drug-likeness (QED) is 0.462. The van der Waals surface area contributed by atoms with Crippen molar-refractivity contribution in [1.82, 2.24) is 5.32 Å². The van der Waals surface area contributed by atoms with E-state index in [9.17, 15) is 4.79 Å². The zero-order valence-electron chi connectivity index (χ0n) is 8.54. The molecule has 0 atom stereocenters. The molecule has 0 bridgehead atoms. The number of nitrogens with one attached hydrogen (secondary N) is 1. The molecule has 0 aliphatic heterocycles. The van der Waals surface area contributed by atoms with Crippen LogP contribution < -0.4 is 11.1 Å². The van der Waals surface area contributed by atoms with E-state index in [0.717, 1.165) is 19.4 Å². The molecule has 0 aromatic rings. The van der Waals surface area contributed by atoms with Crippen LogP contribution in [0.15, 0.2) is 0 Å². The molecule has 0 aromatic heterocycles. The van der Waals surface area contributed by atoms with Gasteiger partial charge in [-0.25, -0.2) is 0 Å². The molecular weight excluding hydrogens is 200 g/mol. The van der Waals surface area contributed by atoms with Crippen LogP contribution in [0.3, 0.4) is 0 Å². The highest BCUT2D eigenvalue weighted by Crippen LogP contribution is 1.85. The Morgan fingerprint density at radius 3 is 2.79 bits per heavy atom. The van der Waals surface area contributed by atoms with E-state index < -0.39 is 0 Å². The zero-order valence-corrected chi connectivity index (χ0v) is 9.36. The highest BCUT2D eigenvalue weighted by Gasteiger charge is 2.00. The van der Waals surface area contributed by atoms with Crippen molar-refractivity contribution >= 4 is 23.1 Å². The molecule has 0 heterocycles. The van der Waals surface area contributed by atoms with Gasteiger partial charge in [0, 0.05) is 19.8 Å². The summed E-state index contributed by atoms with van der Waals surface area (Å²) in [6.45, 7) is 4.14. The normalized spacial score (nSPS) is 9.79. The van der Waals surface area contributed by atoms with Gasteiger partial charge in [-0.1, -0.05) is 19.1 Å². The van der Waals surface area contributed by atoms with E-state index >= 15 is 0 Å². The number of carbonyl (C=O) groups is 1. The Kier molecular flexibility index (Phi) is 8.47. The Morgan fingerprint density at radius 2 is 2.21 bits per heavy atom. The molecule has 0 radical (unpaired) electrons. The van der Waals surface area contributed by atoms with E-state index in [-0.39, 0.29) is 17.3 Å². The topological polar surface area (TPSA) is 64.3 Å². The molecule has 0 saturated heterocycles. The van der Waals surface area contributed by atoms with Crippen molar-refractivity contribution in [3.8, 4) is 0 Å². The maximum absolute atomic E-state index is 11.0. The smallest absolute Gasteiger partial charge is 0.226 e. The van der Waals surface area contributed by atoms with Crippen LogP contribution in [0.4, 0.5) is 0 Å². The van der Waals surface area contributed by atoms with Crippen LogP contribution >= 0.6 is 12.2 Å². The number of hydrogen-bond acceptors (Lipinski definition) is 3. The molecule has 0 rings (SSSR count). The summed E-state index contributed by atoms with van der Waals surface area (Å²) in [6, 6.07) is 0. The second-order valence-electron chi connectivity index (χ2n) is 2.96. The summed E-state index contributed by atoms with van der Waals surface area (Å²) in [5.41, 5.74) is 5.21. The predicted molar refractivity (Wildman–Crippen MR) is 60.1 cm³/mol. The molecule has 14 heavy (non-hydrogen) atoms. The lowest BCUT2D eigenvalue weighted by Crippen LogP contribution is -2.28. The number of amides is 1. The maximum atomic E-state index is 11.0. The highest BCUT2D eigenvalue weighted by molar-refractivity contribution is 7.80. The third kappa shape index (κ3) is 9.41. The van der Waals surface area contributed by atoms with E-state index in [4.69, 9.17) is 10.5 Å². The minimum absolute atomic E-state index is 0.118. The lowest BCUT2D eigenvalue weighted by Gasteiger charge is -2.04. The molecule has 1 amide bonds. The molecule has 0 unspecified atom stereocenters. The second kappa shape index (κ2) is 8.90. The first-order chi connectivity index (χ1) is 6.66. The van der Waals surface area contributed by atoms with Crippen molar-refractivity contribution in [3.63, 3.8) is 0 Å². The van der Waals surface area contributed by atoms with Gasteiger partial charge in [-0.15, -0.1) is 0 Å². The summed E-state index contributed by atoms with van der Waals surface area (Å²) in [4.78, 5) is 11.2. The van der Waals surface area contributed by atoms with Crippen LogP contribution in [0.1, 0.15) is 26.2 Å². The Hall–Kier alpha value is -0.680. The summed E-state index contributed by atoms with van der Waals surface area (Å²) < 4.78 is 5.24. The van der Waals surface area contributed by atoms with Gasteiger partial charge in [0.05, 0.1) is 11.4 Å². The number of nitrogens with two attached hydrogens (primary N) is 1. The summed E-state index contributed by atoms with van der Waals surface area (Å²) >= 11 is 4.60. The van der Waals surface area contributed by atoms with Gasteiger partial charge >= 0.3 is 0 Å². The van der Waals surface area contributed by atoms with Crippen molar-refractivity contribution in [1.29, 1.82) is 0 Å². The third-order valence-corrected chi connectivity index (χ3v) is 1.62. The van der Waals surface area contributed by atoms with E-state index in [1.54, 1.807) is 0 Å². The summed E-state index contributed by atoms with van der Waals surface area (Å²) in [5, 5.41) is 2.70. The third-order valence-electron chi connectivity index (χ3n) is 1.47. The lowest BCUT2D eigenvalue weighted by atomic mass is 10.4. The number of ether oxygens (including phenoxy) is 1. The van der Waals surface area contributed by atoms with E-state index in [0.29, 0.717) is 13.2 Å². The molecular formula is C9H18N2O2S. The standard InChI is InChI=1S/C9H18N2O2S/c1-2-5-13-6-3-4-11-9(12)7-8(10)14/h2-7H2,1H3,(H2,10,14)(H,11,12). The van der Waals surface area contributed by atoms with Crippen LogP contribution in [0, 0.1) is 0 Å². The second-order valence-corrected chi connectivity index (χ2v) is 3.48. The van der Waals surface area contributed by atoms with E-state index in [2.05, 4.69) is 24.5 Å². The van der Waals surface area contributed by atoms with Gasteiger partial charge in [0.15, 0.2) is 0 Å². The van der Waals surface area contributed by atoms with Gasteiger partial charge in [0.1, 0.15) is 0 Å². The van der Waals surface area contributed by atoms with Gasteiger partial charge in [-0.3, -0.25) is 4.79 Å². The summed E-state index contributed by atoms with van der Waals surface area (Å²) in [7, 11) is 0. The van der Waals surface area contributed by atoms with Crippen molar-refractivity contribution in [3.05, 3.63) is 0 Å². The van der Waals surface area contributed by atoms with Crippen LogP contribution in [0.5, 0.6) is 0 Å². The van der Waals surface area contributed by atoms with Crippen molar-refractivity contribution < 1.29 is 9.53 Å². The Morgan fingerprint density at radius 1 is 1.50 bits per heavy atom. The lowest BCUT2D eigenvalue weighted by molar-refractivity contribution is -0.119. The average molecular weight is 218 g/mol.